The van der Waals surface area contributed by atoms with Crippen LogP contribution in [-0.2, 0) is 0 Å². The van der Waals surface area contributed by atoms with Gasteiger partial charge in [-0.25, -0.2) is 0 Å². The average Bonchev–Trinajstić information content (AvgIpc) is 2.40. The van der Waals surface area contributed by atoms with E-state index in [1.165, 1.54) is 0 Å². The topological polar surface area (TPSA) is 69.1 Å². The van der Waals surface area contributed by atoms with Gasteiger partial charge < -0.3 is 4.90 Å². The normalized spacial score (nSPS) is 19.5. The van der Waals surface area contributed by atoms with Gasteiger partial charge in [-0.2, -0.15) is 0 Å². The molecule has 1 aromatic carbocycles. The summed E-state index contributed by atoms with van der Waals surface area (Å²) in [6.45, 7) is 0.664. The molecule has 88 valence electrons. The van der Waals surface area contributed by atoms with Crippen LogP contribution in [0, 0.1) is 0 Å². The van der Waals surface area contributed by atoms with Crippen molar-refractivity contribution in [2.45, 2.75) is 25.4 Å². The summed E-state index contributed by atoms with van der Waals surface area (Å²) >= 11 is 0. The van der Waals surface area contributed by atoms with Crippen LogP contribution in [0.4, 0.5) is 0 Å². The Morgan fingerprint density at radius 1 is 1.35 bits per heavy atom. The van der Waals surface area contributed by atoms with Gasteiger partial charge in [0.25, 0.3) is 5.91 Å². The lowest BCUT2D eigenvalue weighted by Crippen LogP contribution is -2.42. The van der Waals surface area contributed by atoms with E-state index in [9.17, 15) is 4.79 Å². The number of rotatable bonds is 2. The molecule has 1 saturated heterocycles. The second-order valence-corrected chi connectivity index (χ2v) is 4.05. The number of hydrogen-bond acceptors (Lipinski definition) is 2. The number of carbonyl (C=O) groups excluding carboxylic acids is 1. The molecule has 5 nitrogen and oxygen atoms in total. The van der Waals surface area contributed by atoms with Crippen molar-refractivity contribution in [3.8, 4) is 0 Å². The molecule has 17 heavy (non-hydrogen) atoms. The fourth-order valence-corrected chi connectivity index (χ4v) is 2.08. The Kier molecular flexibility index (Phi) is 3.62. The molecule has 1 aromatic rings. The van der Waals surface area contributed by atoms with E-state index in [4.69, 9.17) is 5.53 Å². The first-order valence-corrected chi connectivity index (χ1v) is 5.73. The zero-order chi connectivity index (χ0) is 12.1. The molecular weight excluding hydrogens is 216 g/mol. The Balaban J connectivity index is 2.19. The Bertz CT molecular complexity index is 439. The number of azide groups is 1. The SMILES string of the molecule is [N-]=[N+]=NC1CCCCN1C(=O)c1ccccc1. The quantitative estimate of drug-likeness (QED) is 0.437. The van der Waals surface area contributed by atoms with E-state index in [1.54, 1.807) is 17.0 Å². The first-order valence-electron chi connectivity index (χ1n) is 5.73. The second-order valence-electron chi connectivity index (χ2n) is 4.05. The lowest BCUT2D eigenvalue weighted by Gasteiger charge is -2.32. The monoisotopic (exact) mass is 230 g/mol. The van der Waals surface area contributed by atoms with E-state index in [-0.39, 0.29) is 12.1 Å². The molecule has 1 aliphatic heterocycles. The predicted octanol–water partition coefficient (Wildman–Crippen LogP) is 2.95. The number of nitrogens with zero attached hydrogens (tertiary/aromatic N) is 4. The van der Waals surface area contributed by atoms with Gasteiger partial charge in [-0.1, -0.05) is 23.3 Å². The largest absolute Gasteiger partial charge is 0.330 e. The summed E-state index contributed by atoms with van der Waals surface area (Å²) in [5.74, 6) is -0.0531. The highest BCUT2D eigenvalue weighted by Gasteiger charge is 2.26. The number of likely N-dealkylation sites (tertiary alicyclic amines) is 1. The van der Waals surface area contributed by atoms with Crippen molar-refractivity contribution >= 4 is 5.91 Å². The number of benzene rings is 1. The Morgan fingerprint density at radius 3 is 2.82 bits per heavy atom. The molecule has 0 spiro atoms. The van der Waals surface area contributed by atoms with Crippen LogP contribution in [0.5, 0.6) is 0 Å². The van der Waals surface area contributed by atoms with E-state index in [1.807, 2.05) is 18.2 Å². The lowest BCUT2D eigenvalue weighted by atomic mass is 10.1. The Labute approximate surface area is 99.7 Å². The molecule has 1 fully saturated rings. The molecule has 0 aromatic heterocycles. The highest BCUT2D eigenvalue weighted by atomic mass is 16.2. The van der Waals surface area contributed by atoms with Gasteiger partial charge in [0.15, 0.2) is 0 Å². The van der Waals surface area contributed by atoms with Gasteiger partial charge >= 0.3 is 0 Å². The van der Waals surface area contributed by atoms with Gasteiger partial charge in [-0.05, 0) is 36.9 Å². The van der Waals surface area contributed by atoms with Crippen LogP contribution in [0.3, 0.4) is 0 Å². The molecule has 0 saturated carbocycles. The van der Waals surface area contributed by atoms with Crippen LogP contribution < -0.4 is 0 Å². The van der Waals surface area contributed by atoms with Crippen molar-refractivity contribution in [1.29, 1.82) is 0 Å². The minimum Gasteiger partial charge on any atom is -0.330 e. The summed E-state index contributed by atoms with van der Waals surface area (Å²) in [6, 6.07) is 9.10. The summed E-state index contributed by atoms with van der Waals surface area (Å²) in [4.78, 5) is 16.7. The number of piperidine rings is 1. The van der Waals surface area contributed by atoms with Gasteiger partial charge in [0.1, 0.15) is 6.17 Å². The minimum absolute atomic E-state index is 0.0531. The third kappa shape index (κ3) is 2.57. The van der Waals surface area contributed by atoms with E-state index in [2.05, 4.69) is 10.0 Å². The highest BCUT2D eigenvalue weighted by molar-refractivity contribution is 5.94. The van der Waals surface area contributed by atoms with Crippen molar-refractivity contribution in [3.63, 3.8) is 0 Å². The maximum absolute atomic E-state index is 12.2. The molecule has 0 bridgehead atoms. The number of hydrogen-bond donors (Lipinski definition) is 0. The molecule has 0 N–H and O–H groups in total. The van der Waals surface area contributed by atoms with Crippen molar-refractivity contribution in [2.24, 2.45) is 5.11 Å². The fraction of sp³-hybridized carbons (Fsp3) is 0.417. The maximum Gasteiger partial charge on any atom is 0.254 e. The summed E-state index contributed by atoms with van der Waals surface area (Å²) in [5.41, 5.74) is 9.15. The van der Waals surface area contributed by atoms with Crippen LogP contribution in [0.2, 0.25) is 0 Å². The smallest absolute Gasteiger partial charge is 0.254 e. The highest BCUT2D eigenvalue weighted by Crippen LogP contribution is 2.20. The molecule has 0 radical (unpaired) electrons. The average molecular weight is 230 g/mol. The zero-order valence-electron chi connectivity index (χ0n) is 9.49. The van der Waals surface area contributed by atoms with Crippen LogP contribution in [0.1, 0.15) is 29.6 Å². The summed E-state index contributed by atoms with van der Waals surface area (Å²) in [6.07, 6.45) is 2.39. The van der Waals surface area contributed by atoms with Crippen LogP contribution in [0.25, 0.3) is 10.4 Å². The van der Waals surface area contributed by atoms with E-state index in [0.717, 1.165) is 19.3 Å². The van der Waals surface area contributed by atoms with Crippen molar-refractivity contribution in [3.05, 3.63) is 46.3 Å². The third-order valence-corrected chi connectivity index (χ3v) is 2.94. The summed E-state index contributed by atoms with van der Waals surface area (Å²) < 4.78 is 0. The molecule has 1 amide bonds. The van der Waals surface area contributed by atoms with Crippen LogP contribution in [-0.4, -0.2) is 23.5 Å². The molecule has 1 heterocycles. The number of carbonyl (C=O) groups is 1. The molecule has 1 unspecified atom stereocenters. The number of amides is 1. The maximum atomic E-state index is 12.2. The summed E-state index contributed by atoms with van der Waals surface area (Å²) in [5, 5.41) is 3.70. The first-order chi connectivity index (χ1) is 8.33. The second kappa shape index (κ2) is 5.37. The standard InChI is InChI=1S/C12H14N4O/c13-15-14-11-8-4-5-9-16(11)12(17)10-6-2-1-3-7-10/h1-3,6-7,11H,4-5,8-9H2. The Morgan fingerprint density at radius 2 is 2.12 bits per heavy atom. The third-order valence-electron chi connectivity index (χ3n) is 2.94. The predicted molar refractivity (Wildman–Crippen MR) is 64.3 cm³/mol. The fourth-order valence-electron chi connectivity index (χ4n) is 2.08. The molecule has 2 rings (SSSR count). The van der Waals surface area contributed by atoms with E-state index < -0.39 is 0 Å². The van der Waals surface area contributed by atoms with Crippen LogP contribution in [0.15, 0.2) is 35.4 Å². The van der Waals surface area contributed by atoms with Gasteiger partial charge in [0.05, 0.1) is 0 Å². The van der Waals surface area contributed by atoms with Crippen LogP contribution >= 0.6 is 0 Å². The minimum atomic E-state index is -0.332. The van der Waals surface area contributed by atoms with Crippen molar-refractivity contribution in [2.75, 3.05) is 6.54 Å². The zero-order valence-corrected chi connectivity index (χ0v) is 9.49. The van der Waals surface area contributed by atoms with E-state index >= 15 is 0 Å². The molecular formula is C12H14N4O. The van der Waals surface area contributed by atoms with Gasteiger partial charge in [0.2, 0.25) is 0 Å². The van der Waals surface area contributed by atoms with Gasteiger partial charge in [-0.15, -0.1) is 0 Å². The summed E-state index contributed by atoms with van der Waals surface area (Å²) in [7, 11) is 0. The molecule has 5 heteroatoms. The van der Waals surface area contributed by atoms with Gasteiger partial charge in [-0.3, -0.25) is 4.79 Å². The van der Waals surface area contributed by atoms with Crippen molar-refractivity contribution < 1.29 is 4.79 Å². The molecule has 1 atom stereocenters. The molecule has 1 aliphatic rings. The van der Waals surface area contributed by atoms with Gasteiger partial charge in [0, 0.05) is 17.0 Å². The lowest BCUT2D eigenvalue weighted by molar-refractivity contribution is 0.0622. The first kappa shape index (κ1) is 11.5. The van der Waals surface area contributed by atoms with E-state index in [0.29, 0.717) is 12.1 Å². The Hall–Kier alpha value is -2.00. The van der Waals surface area contributed by atoms with Crippen molar-refractivity contribution in [1.82, 2.24) is 4.90 Å². The molecule has 0 aliphatic carbocycles.